The molecule has 2 nitrogen and oxygen atoms in total. The van der Waals surface area contributed by atoms with E-state index in [0.717, 1.165) is 19.6 Å². The Labute approximate surface area is 124 Å². The fourth-order valence-electron chi connectivity index (χ4n) is 2.56. The molecule has 1 unspecified atom stereocenters. The molecule has 0 spiro atoms. The van der Waals surface area contributed by atoms with Gasteiger partial charge in [-0.3, -0.25) is 0 Å². The fraction of sp³-hybridized carbons (Fsp3) is 0.667. The van der Waals surface area contributed by atoms with E-state index < -0.39 is 0 Å². The average Bonchev–Trinajstić information content (AvgIpc) is 2.38. The third-order valence-electron chi connectivity index (χ3n) is 3.89. The van der Waals surface area contributed by atoms with Crippen molar-refractivity contribution < 1.29 is 4.74 Å². The van der Waals surface area contributed by atoms with Crippen LogP contribution in [0.15, 0.2) is 24.3 Å². The molecule has 0 aliphatic heterocycles. The van der Waals surface area contributed by atoms with Gasteiger partial charge >= 0.3 is 0 Å². The Hall–Kier alpha value is -0.860. The first-order valence-electron chi connectivity index (χ1n) is 7.86. The largest absolute Gasteiger partial charge is 0.374 e. The Morgan fingerprint density at radius 2 is 1.70 bits per heavy atom. The van der Waals surface area contributed by atoms with Gasteiger partial charge in [-0.15, -0.1) is 0 Å². The van der Waals surface area contributed by atoms with Crippen LogP contribution in [-0.2, 0) is 11.2 Å². The van der Waals surface area contributed by atoms with Crippen molar-refractivity contribution >= 4 is 0 Å². The van der Waals surface area contributed by atoms with Crippen LogP contribution in [0, 0.1) is 0 Å². The lowest BCUT2D eigenvalue weighted by molar-refractivity contribution is -0.0376. The minimum absolute atomic E-state index is 0.151. The van der Waals surface area contributed by atoms with Crippen LogP contribution >= 0.6 is 0 Å². The molecule has 2 heteroatoms. The predicted octanol–water partition coefficient (Wildman–Crippen LogP) is 4.15. The van der Waals surface area contributed by atoms with Crippen molar-refractivity contribution in [2.45, 2.75) is 65.5 Å². The fourth-order valence-corrected chi connectivity index (χ4v) is 2.56. The molecular formula is C18H31NO. The van der Waals surface area contributed by atoms with E-state index in [1.165, 1.54) is 11.1 Å². The van der Waals surface area contributed by atoms with Gasteiger partial charge in [-0.2, -0.15) is 0 Å². The van der Waals surface area contributed by atoms with Gasteiger partial charge in [0.2, 0.25) is 0 Å². The standard InChI is InChI=1S/C18H31NO/c1-7-19-17(18(5,6)20-8-2)13-15-9-11-16(12-10-15)14(3)4/h9-12,14,17,19H,7-8,13H2,1-6H3. The van der Waals surface area contributed by atoms with Gasteiger partial charge in [-0.25, -0.2) is 0 Å². The van der Waals surface area contributed by atoms with Gasteiger partial charge in [0, 0.05) is 12.6 Å². The summed E-state index contributed by atoms with van der Waals surface area (Å²) in [7, 11) is 0. The number of likely N-dealkylation sites (N-methyl/N-ethyl adjacent to an activating group) is 1. The summed E-state index contributed by atoms with van der Waals surface area (Å²) in [4.78, 5) is 0. The molecule has 0 radical (unpaired) electrons. The number of hydrogen-bond acceptors (Lipinski definition) is 2. The summed E-state index contributed by atoms with van der Waals surface area (Å²) < 4.78 is 5.92. The molecule has 0 amide bonds. The van der Waals surface area contributed by atoms with Gasteiger partial charge in [0.05, 0.1) is 5.60 Å². The molecule has 0 bridgehead atoms. The number of ether oxygens (including phenoxy) is 1. The number of rotatable bonds is 8. The van der Waals surface area contributed by atoms with Crippen LogP contribution < -0.4 is 5.32 Å². The van der Waals surface area contributed by atoms with Crippen molar-refractivity contribution in [2.75, 3.05) is 13.2 Å². The Morgan fingerprint density at radius 1 is 1.10 bits per heavy atom. The van der Waals surface area contributed by atoms with Crippen molar-refractivity contribution in [3.63, 3.8) is 0 Å². The van der Waals surface area contributed by atoms with Crippen molar-refractivity contribution in [2.24, 2.45) is 0 Å². The number of benzene rings is 1. The smallest absolute Gasteiger partial charge is 0.0781 e. The zero-order valence-electron chi connectivity index (χ0n) is 14.0. The second-order valence-corrected chi connectivity index (χ2v) is 6.25. The minimum atomic E-state index is -0.151. The van der Waals surface area contributed by atoms with E-state index in [0.29, 0.717) is 12.0 Å². The zero-order valence-corrected chi connectivity index (χ0v) is 14.0. The van der Waals surface area contributed by atoms with Gasteiger partial charge in [-0.1, -0.05) is 45.0 Å². The first-order valence-corrected chi connectivity index (χ1v) is 7.86. The second kappa shape index (κ2) is 7.80. The third-order valence-corrected chi connectivity index (χ3v) is 3.89. The van der Waals surface area contributed by atoms with Gasteiger partial charge in [-0.05, 0) is 50.8 Å². The maximum Gasteiger partial charge on any atom is 0.0781 e. The molecule has 0 fully saturated rings. The minimum Gasteiger partial charge on any atom is -0.374 e. The summed E-state index contributed by atoms with van der Waals surface area (Å²) in [5.74, 6) is 0.591. The van der Waals surface area contributed by atoms with Crippen molar-refractivity contribution in [3.8, 4) is 0 Å². The summed E-state index contributed by atoms with van der Waals surface area (Å²) in [5, 5.41) is 3.57. The normalized spacial score (nSPS) is 13.8. The first-order chi connectivity index (χ1) is 9.40. The molecule has 1 aromatic carbocycles. The highest BCUT2D eigenvalue weighted by molar-refractivity contribution is 5.25. The van der Waals surface area contributed by atoms with Crippen LogP contribution in [0.2, 0.25) is 0 Å². The molecule has 1 atom stereocenters. The molecular weight excluding hydrogens is 246 g/mol. The highest BCUT2D eigenvalue weighted by atomic mass is 16.5. The molecule has 0 aliphatic carbocycles. The molecule has 20 heavy (non-hydrogen) atoms. The lowest BCUT2D eigenvalue weighted by Crippen LogP contribution is -2.50. The Bertz CT molecular complexity index is 381. The van der Waals surface area contributed by atoms with Crippen molar-refractivity contribution in [3.05, 3.63) is 35.4 Å². The summed E-state index contributed by atoms with van der Waals surface area (Å²) in [6.45, 7) is 14.7. The highest BCUT2D eigenvalue weighted by Gasteiger charge is 2.29. The van der Waals surface area contributed by atoms with E-state index in [-0.39, 0.29) is 5.60 Å². The van der Waals surface area contributed by atoms with E-state index in [1.807, 2.05) is 0 Å². The van der Waals surface area contributed by atoms with Crippen LogP contribution in [0.5, 0.6) is 0 Å². The van der Waals surface area contributed by atoms with Crippen LogP contribution in [0.3, 0.4) is 0 Å². The molecule has 0 aliphatic rings. The summed E-state index contributed by atoms with van der Waals surface area (Å²) in [5.41, 5.74) is 2.62. The number of nitrogens with one attached hydrogen (secondary N) is 1. The van der Waals surface area contributed by atoms with Crippen LogP contribution in [0.25, 0.3) is 0 Å². The predicted molar refractivity (Wildman–Crippen MR) is 87.4 cm³/mol. The SMILES string of the molecule is CCNC(Cc1ccc(C(C)C)cc1)C(C)(C)OCC. The van der Waals surface area contributed by atoms with Crippen LogP contribution in [-0.4, -0.2) is 24.8 Å². The zero-order chi connectivity index (χ0) is 15.2. The molecule has 1 aromatic rings. The first kappa shape index (κ1) is 17.2. The molecule has 1 N–H and O–H groups in total. The molecule has 0 heterocycles. The van der Waals surface area contributed by atoms with E-state index >= 15 is 0 Å². The molecule has 1 rings (SSSR count). The maximum atomic E-state index is 5.92. The monoisotopic (exact) mass is 277 g/mol. The van der Waals surface area contributed by atoms with E-state index in [4.69, 9.17) is 4.74 Å². The van der Waals surface area contributed by atoms with E-state index in [1.54, 1.807) is 0 Å². The van der Waals surface area contributed by atoms with Gasteiger partial charge in [0.25, 0.3) is 0 Å². The number of hydrogen-bond donors (Lipinski definition) is 1. The Kier molecular flexibility index (Phi) is 6.70. The van der Waals surface area contributed by atoms with E-state index in [9.17, 15) is 0 Å². The topological polar surface area (TPSA) is 21.3 Å². The second-order valence-electron chi connectivity index (χ2n) is 6.25. The summed E-state index contributed by atoms with van der Waals surface area (Å²) in [6.07, 6.45) is 0.999. The lowest BCUT2D eigenvalue weighted by Gasteiger charge is -2.35. The van der Waals surface area contributed by atoms with Crippen LogP contribution in [0.1, 0.15) is 58.6 Å². The molecule has 0 aromatic heterocycles. The molecule has 0 saturated carbocycles. The Morgan fingerprint density at radius 3 is 2.15 bits per heavy atom. The molecule has 0 saturated heterocycles. The highest BCUT2D eigenvalue weighted by Crippen LogP contribution is 2.21. The lowest BCUT2D eigenvalue weighted by atomic mass is 9.91. The van der Waals surface area contributed by atoms with Gasteiger partial charge in [0.1, 0.15) is 0 Å². The van der Waals surface area contributed by atoms with Gasteiger partial charge in [0.15, 0.2) is 0 Å². The Balaban J connectivity index is 2.79. The molecule has 114 valence electrons. The summed E-state index contributed by atoms with van der Waals surface area (Å²) >= 11 is 0. The third kappa shape index (κ3) is 4.92. The van der Waals surface area contributed by atoms with Crippen molar-refractivity contribution in [1.29, 1.82) is 0 Å². The van der Waals surface area contributed by atoms with Crippen molar-refractivity contribution in [1.82, 2.24) is 5.32 Å². The van der Waals surface area contributed by atoms with Crippen LogP contribution in [0.4, 0.5) is 0 Å². The quantitative estimate of drug-likeness (QED) is 0.771. The maximum absolute atomic E-state index is 5.92. The van der Waals surface area contributed by atoms with Gasteiger partial charge < -0.3 is 10.1 Å². The summed E-state index contributed by atoms with van der Waals surface area (Å²) in [6, 6.07) is 9.33. The van der Waals surface area contributed by atoms with E-state index in [2.05, 4.69) is 71.1 Å². The average molecular weight is 277 g/mol.